The fraction of sp³-hybridized carbons (Fsp3) is 0.226. The average molecular weight is 545 g/mol. The summed E-state index contributed by atoms with van der Waals surface area (Å²) in [6, 6.07) is 20.4. The number of esters is 2. The highest BCUT2D eigenvalue weighted by molar-refractivity contribution is 5.94. The summed E-state index contributed by atoms with van der Waals surface area (Å²) in [7, 11) is 0. The maximum atomic E-state index is 12.5. The van der Waals surface area contributed by atoms with Crippen molar-refractivity contribution in [1.82, 2.24) is 5.32 Å². The van der Waals surface area contributed by atoms with Gasteiger partial charge >= 0.3 is 18.0 Å². The summed E-state index contributed by atoms with van der Waals surface area (Å²) >= 11 is 0. The molecule has 9 heteroatoms. The summed E-state index contributed by atoms with van der Waals surface area (Å²) < 4.78 is 15.6. The fourth-order valence-corrected chi connectivity index (χ4v) is 3.30. The van der Waals surface area contributed by atoms with Gasteiger partial charge < -0.3 is 24.8 Å². The molecule has 2 amide bonds. The van der Waals surface area contributed by atoms with Gasteiger partial charge in [0.05, 0.1) is 12.1 Å². The monoisotopic (exact) mass is 544 g/mol. The number of carbonyl (C=O) groups excluding carboxylic acids is 4. The molecule has 0 aliphatic heterocycles. The van der Waals surface area contributed by atoms with E-state index in [1.165, 1.54) is 6.92 Å². The summed E-state index contributed by atoms with van der Waals surface area (Å²) in [6.07, 6.45) is 0.0720. The number of amides is 2. The van der Waals surface area contributed by atoms with Gasteiger partial charge in [0, 0.05) is 17.2 Å². The minimum Gasteiger partial charge on any atom is -0.460 e. The minimum atomic E-state index is -0.671. The third kappa shape index (κ3) is 8.83. The topological polar surface area (TPSA) is 120 Å². The van der Waals surface area contributed by atoms with E-state index < -0.39 is 18.0 Å². The van der Waals surface area contributed by atoms with Crippen molar-refractivity contribution in [3.05, 3.63) is 90.5 Å². The van der Waals surface area contributed by atoms with Crippen LogP contribution in [0.3, 0.4) is 0 Å². The molecule has 9 nitrogen and oxygen atoms in total. The third-order valence-corrected chi connectivity index (χ3v) is 5.86. The number of carbonyl (C=O) groups is 4. The molecule has 2 N–H and O–H groups in total. The largest absolute Gasteiger partial charge is 0.460 e. The summed E-state index contributed by atoms with van der Waals surface area (Å²) in [5.74, 6) is -0.470. The molecule has 1 atom stereocenters. The minimum absolute atomic E-state index is 0.00941. The van der Waals surface area contributed by atoms with E-state index in [0.29, 0.717) is 22.7 Å². The molecule has 40 heavy (non-hydrogen) atoms. The molecule has 0 radical (unpaired) electrons. The smallest absolute Gasteiger partial charge is 0.412 e. The van der Waals surface area contributed by atoms with E-state index in [9.17, 15) is 19.2 Å². The lowest BCUT2D eigenvalue weighted by molar-refractivity contribution is -0.138. The number of rotatable bonds is 11. The summed E-state index contributed by atoms with van der Waals surface area (Å²) in [6.45, 7) is 8.94. The summed E-state index contributed by atoms with van der Waals surface area (Å²) in [4.78, 5) is 47.8. The van der Waals surface area contributed by atoms with E-state index in [2.05, 4.69) is 17.2 Å². The van der Waals surface area contributed by atoms with Crippen molar-refractivity contribution in [1.29, 1.82) is 0 Å². The lowest BCUT2D eigenvalue weighted by atomic mass is 10.1. The SMILES string of the molecule is C=C(C)C(=O)OCCNC(=O)Oc1ccc(-c2ccc(OC(=O)c3ccc(NC(=O)C(C)CC)cc3)cc2)cc1. The Morgan fingerprint density at radius 2 is 1.38 bits per heavy atom. The Hall–Kier alpha value is -4.92. The molecule has 0 aliphatic carbocycles. The van der Waals surface area contributed by atoms with Crippen LogP contribution in [0.4, 0.5) is 10.5 Å². The van der Waals surface area contributed by atoms with Crippen LogP contribution in [0, 0.1) is 5.92 Å². The van der Waals surface area contributed by atoms with Crippen LogP contribution in [-0.2, 0) is 14.3 Å². The molecular formula is C31H32N2O7. The highest BCUT2D eigenvalue weighted by atomic mass is 16.6. The van der Waals surface area contributed by atoms with Gasteiger partial charge in [0.25, 0.3) is 0 Å². The Balaban J connectivity index is 1.49. The first kappa shape index (κ1) is 29.6. The van der Waals surface area contributed by atoms with Crippen LogP contribution in [0.5, 0.6) is 11.5 Å². The number of benzene rings is 3. The first-order chi connectivity index (χ1) is 19.2. The second-order valence-corrected chi connectivity index (χ2v) is 9.05. The van der Waals surface area contributed by atoms with Gasteiger partial charge in [-0.3, -0.25) is 4.79 Å². The van der Waals surface area contributed by atoms with E-state index in [4.69, 9.17) is 14.2 Å². The van der Waals surface area contributed by atoms with Crippen molar-refractivity contribution in [3.8, 4) is 22.6 Å². The van der Waals surface area contributed by atoms with Gasteiger partial charge in [0.15, 0.2) is 0 Å². The van der Waals surface area contributed by atoms with E-state index in [-0.39, 0.29) is 30.5 Å². The molecule has 3 aromatic rings. The van der Waals surface area contributed by atoms with Crippen molar-refractivity contribution < 1.29 is 33.4 Å². The first-order valence-electron chi connectivity index (χ1n) is 12.8. The highest BCUT2D eigenvalue weighted by Gasteiger charge is 2.13. The van der Waals surface area contributed by atoms with Gasteiger partial charge in [-0.15, -0.1) is 0 Å². The van der Waals surface area contributed by atoms with Crippen LogP contribution in [0.15, 0.2) is 84.9 Å². The van der Waals surface area contributed by atoms with Crippen LogP contribution >= 0.6 is 0 Å². The molecule has 0 bridgehead atoms. The molecule has 0 saturated heterocycles. The zero-order valence-electron chi connectivity index (χ0n) is 22.7. The van der Waals surface area contributed by atoms with Crippen molar-refractivity contribution in [2.75, 3.05) is 18.5 Å². The molecule has 0 fully saturated rings. The Morgan fingerprint density at radius 1 is 0.825 bits per heavy atom. The Bertz CT molecular complexity index is 1350. The molecule has 0 saturated carbocycles. The van der Waals surface area contributed by atoms with E-state index >= 15 is 0 Å². The van der Waals surface area contributed by atoms with Crippen molar-refractivity contribution in [2.45, 2.75) is 27.2 Å². The normalized spacial score (nSPS) is 11.1. The van der Waals surface area contributed by atoms with Gasteiger partial charge in [-0.05, 0) is 73.0 Å². The number of nitrogens with one attached hydrogen (secondary N) is 2. The molecule has 0 aromatic heterocycles. The summed E-state index contributed by atoms with van der Waals surface area (Å²) in [5, 5.41) is 5.32. The maximum Gasteiger partial charge on any atom is 0.412 e. The van der Waals surface area contributed by atoms with Gasteiger partial charge in [-0.25, -0.2) is 14.4 Å². The van der Waals surface area contributed by atoms with E-state index in [1.54, 1.807) is 60.7 Å². The van der Waals surface area contributed by atoms with Gasteiger partial charge in [-0.1, -0.05) is 44.7 Å². The van der Waals surface area contributed by atoms with Crippen molar-refractivity contribution in [3.63, 3.8) is 0 Å². The zero-order chi connectivity index (χ0) is 29.1. The average Bonchev–Trinajstić information content (AvgIpc) is 2.95. The Labute approximate surface area is 233 Å². The predicted molar refractivity (Wildman–Crippen MR) is 151 cm³/mol. The van der Waals surface area contributed by atoms with Crippen LogP contribution < -0.4 is 20.1 Å². The van der Waals surface area contributed by atoms with Crippen LogP contribution in [0.2, 0.25) is 0 Å². The van der Waals surface area contributed by atoms with Gasteiger partial charge in [0.1, 0.15) is 18.1 Å². The summed E-state index contributed by atoms with van der Waals surface area (Å²) in [5.41, 5.74) is 3.00. The lowest BCUT2D eigenvalue weighted by Crippen LogP contribution is -2.30. The molecule has 3 rings (SSSR count). The number of anilines is 1. The van der Waals surface area contributed by atoms with Crippen LogP contribution in [-0.4, -0.2) is 37.1 Å². The van der Waals surface area contributed by atoms with E-state index in [1.807, 2.05) is 26.0 Å². The van der Waals surface area contributed by atoms with Crippen molar-refractivity contribution >= 4 is 29.6 Å². The quantitative estimate of drug-likeness (QED) is 0.136. The third-order valence-electron chi connectivity index (χ3n) is 5.86. The molecule has 0 aliphatic rings. The number of hydrogen-bond donors (Lipinski definition) is 2. The second kappa shape index (κ2) is 14.3. The first-order valence-corrected chi connectivity index (χ1v) is 12.8. The molecule has 208 valence electrons. The fourth-order valence-electron chi connectivity index (χ4n) is 3.30. The van der Waals surface area contributed by atoms with Crippen LogP contribution in [0.1, 0.15) is 37.6 Å². The van der Waals surface area contributed by atoms with E-state index in [0.717, 1.165) is 17.5 Å². The van der Waals surface area contributed by atoms with Gasteiger partial charge in [-0.2, -0.15) is 0 Å². The van der Waals surface area contributed by atoms with Gasteiger partial charge in [0.2, 0.25) is 5.91 Å². The maximum absolute atomic E-state index is 12.5. The Kier molecular flexibility index (Phi) is 10.6. The van der Waals surface area contributed by atoms with Crippen LogP contribution in [0.25, 0.3) is 11.1 Å². The molecule has 0 spiro atoms. The molecule has 1 unspecified atom stereocenters. The van der Waals surface area contributed by atoms with Crippen molar-refractivity contribution in [2.24, 2.45) is 5.92 Å². The lowest BCUT2D eigenvalue weighted by Gasteiger charge is -2.10. The number of ether oxygens (including phenoxy) is 3. The Morgan fingerprint density at radius 3 is 1.90 bits per heavy atom. The second-order valence-electron chi connectivity index (χ2n) is 9.05. The number of hydrogen-bond acceptors (Lipinski definition) is 7. The molecule has 3 aromatic carbocycles. The molecular weight excluding hydrogens is 512 g/mol. The predicted octanol–water partition coefficient (Wildman–Crippen LogP) is 5.77. The standard InChI is InChI=1S/C31H32N2O7/c1-5-21(4)28(34)33-25-12-6-24(7-13-25)30(36)39-26-14-8-22(9-15-26)23-10-16-27(17-11-23)40-31(37)32-18-19-38-29(35)20(2)3/h6-17,21H,2,5,18-19H2,1,3-4H3,(H,32,37)(H,33,34). The zero-order valence-corrected chi connectivity index (χ0v) is 22.7. The highest BCUT2D eigenvalue weighted by Crippen LogP contribution is 2.25. The molecule has 0 heterocycles.